The highest BCUT2D eigenvalue weighted by molar-refractivity contribution is 7.71. The van der Waals surface area contributed by atoms with Gasteiger partial charge in [-0.2, -0.15) is 0 Å². The van der Waals surface area contributed by atoms with Gasteiger partial charge in [0.25, 0.3) is 11.2 Å². The van der Waals surface area contributed by atoms with Crippen molar-refractivity contribution in [2.75, 3.05) is 18.4 Å². The zero-order valence-electron chi connectivity index (χ0n) is 17.5. The molecule has 32 heavy (non-hydrogen) atoms. The van der Waals surface area contributed by atoms with Crippen molar-refractivity contribution < 1.29 is 9.72 Å². The fourth-order valence-electron chi connectivity index (χ4n) is 3.40. The van der Waals surface area contributed by atoms with Gasteiger partial charge in [-0.1, -0.05) is 30.7 Å². The molecule has 0 unspecified atom stereocenters. The topological polar surface area (TPSA) is 122 Å². The smallest absolute Gasteiger partial charge is 0.292 e. The van der Waals surface area contributed by atoms with Crippen LogP contribution in [0.4, 0.5) is 11.4 Å². The van der Waals surface area contributed by atoms with Gasteiger partial charge in [0.2, 0.25) is 5.91 Å². The van der Waals surface area contributed by atoms with Gasteiger partial charge in [-0.05, 0) is 43.3 Å². The molecule has 0 fully saturated rings. The lowest BCUT2D eigenvalue weighted by molar-refractivity contribution is -0.384. The van der Waals surface area contributed by atoms with Crippen LogP contribution in [0.1, 0.15) is 25.7 Å². The summed E-state index contributed by atoms with van der Waals surface area (Å²) >= 11 is 5.30. The normalized spacial score (nSPS) is 10.8. The third-order valence-electron chi connectivity index (χ3n) is 5.04. The number of hydrogen-bond acceptors (Lipinski definition) is 6. The van der Waals surface area contributed by atoms with Crippen molar-refractivity contribution in [2.24, 2.45) is 0 Å². The van der Waals surface area contributed by atoms with Crippen LogP contribution in [0.5, 0.6) is 0 Å². The molecule has 1 aromatic heterocycles. The molecule has 0 spiro atoms. The number of nitrogens with one attached hydrogen (secondary N) is 3. The number of benzene rings is 2. The predicted molar refractivity (Wildman–Crippen MR) is 126 cm³/mol. The number of nitrogens with zero attached hydrogens (tertiary/aromatic N) is 2. The minimum Gasteiger partial charge on any atom is -0.378 e. The molecule has 10 heteroatoms. The maximum absolute atomic E-state index is 12.6. The Morgan fingerprint density at radius 2 is 1.81 bits per heavy atom. The van der Waals surface area contributed by atoms with E-state index in [9.17, 15) is 19.7 Å². The van der Waals surface area contributed by atoms with E-state index in [1.165, 1.54) is 6.07 Å². The van der Waals surface area contributed by atoms with E-state index in [2.05, 4.69) is 15.6 Å². The number of nitro benzene ring substituents is 1. The maximum Gasteiger partial charge on any atom is 0.292 e. The Bertz CT molecular complexity index is 1220. The van der Waals surface area contributed by atoms with Gasteiger partial charge in [-0.25, -0.2) is 0 Å². The van der Waals surface area contributed by atoms with Crippen molar-refractivity contribution in [2.45, 2.75) is 32.2 Å². The summed E-state index contributed by atoms with van der Waals surface area (Å²) in [5, 5.41) is 17.4. The van der Waals surface area contributed by atoms with Gasteiger partial charge in [-0.15, -0.1) is 0 Å². The Morgan fingerprint density at radius 3 is 2.62 bits per heavy atom. The SMILES string of the molecule is O=C(CCCCCn1c(=S)[nH]c2ccccc2c1=O)NCCNc1ccccc1[N+](=O)[O-]. The fraction of sp³-hybridized carbons (Fsp3) is 0.318. The first-order chi connectivity index (χ1) is 15.5. The van der Waals surface area contributed by atoms with E-state index in [4.69, 9.17) is 12.2 Å². The van der Waals surface area contributed by atoms with Crippen LogP contribution < -0.4 is 16.2 Å². The van der Waals surface area contributed by atoms with E-state index in [0.29, 0.717) is 48.3 Å². The third kappa shape index (κ3) is 6.01. The molecular formula is C22H25N5O4S. The maximum atomic E-state index is 12.6. The first-order valence-corrected chi connectivity index (χ1v) is 10.8. The number of aromatic nitrogens is 2. The third-order valence-corrected chi connectivity index (χ3v) is 5.36. The van der Waals surface area contributed by atoms with Gasteiger partial charge < -0.3 is 15.6 Å². The molecule has 0 aliphatic carbocycles. The number of aromatic amines is 1. The molecule has 0 saturated heterocycles. The van der Waals surface area contributed by atoms with Gasteiger partial charge in [0.1, 0.15) is 5.69 Å². The quantitative estimate of drug-likeness (QED) is 0.175. The van der Waals surface area contributed by atoms with Crippen LogP contribution in [0.15, 0.2) is 53.3 Å². The van der Waals surface area contributed by atoms with Gasteiger partial charge >= 0.3 is 0 Å². The lowest BCUT2D eigenvalue weighted by Gasteiger charge is -2.09. The number of para-hydroxylation sites is 3. The van der Waals surface area contributed by atoms with Crippen LogP contribution in [-0.4, -0.2) is 33.5 Å². The van der Waals surface area contributed by atoms with Crippen molar-refractivity contribution in [1.82, 2.24) is 14.9 Å². The van der Waals surface area contributed by atoms with Crippen LogP contribution in [0.3, 0.4) is 0 Å². The Balaban J connectivity index is 1.36. The lowest BCUT2D eigenvalue weighted by Crippen LogP contribution is -2.28. The summed E-state index contributed by atoms with van der Waals surface area (Å²) in [5.41, 5.74) is 1.05. The van der Waals surface area contributed by atoms with E-state index in [1.54, 1.807) is 28.8 Å². The van der Waals surface area contributed by atoms with Crippen LogP contribution >= 0.6 is 12.2 Å². The molecule has 0 atom stereocenters. The Hall–Kier alpha value is -3.53. The van der Waals surface area contributed by atoms with Crippen molar-refractivity contribution in [3.05, 3.63) is 73.8 Å². The van der Waals surface area contributed by atoms with Crippen LogP contribution in [-0.2, 0) is 11.3 Å². The minimum atomic E-state index is -0.445. The van der Waals surface area contributed by atoms with Gasteiger partial charge in [0, 0.05) is 32.1 Å². The number of unbranched alkanes of at least 4 members (excludes halogenated alkanes) is 2. The van der Waals surface area contributed by atoms with Gasteiger partial charge in [-0.3, -0.25) is 24.3 Å². The fourth-order valence-corrected chi connectivity index (χ4v) is 3.69. The zero-order valence-corrected chi connectivity index (χ0v) is 18.3. The number of fused-ring (bicyclic) bond motifs is 1. The number of H-pyrrole nitrogens is 1. The van der Waals surface area contributed by atoms with E-state index in [1.807, 2.05) is 18.2 Å². The number of hydrogen-bond donors (Lipinski definition) is 3. The van der Waals surface area contributed by atoms with Crippen molar-refractivity contribution in [1.29, 1.82) is 0 Å². The predicted octanol–water partition coefficient (Wildman–Crippen LogP) is 3.76. The van der Waals surface area contributed by atoms with E-state index < -0.39 is 4.92 Å². The number of nitro groups is 1. The molecule has 1 heterocycles. The molecule has 3 aromatic rings. The molecule has 3 N–H and O–H groups in total. The lowest BCUT2D eigenvalue weighted by atomic mass is 10.2. The van der Waals surface area contributed by atoms with Crippen LogP contribution in [0, 0.1) is 14.9 Å². The first kappa shape index (κ1) is 23.1. The zero-order chi connectivity index (χ0) is 22.9. The number of carbonyl (C=O) groups excluding carboxylic acids is 1. The Labute approximate surface area is 189 Å². The molecule has 1 amide bonds. The summed E-state index contributed by atoms with van der Waals surface area (Å²) in [6, 6.07) is 13.7. The molecule has 0 aliphatic rings. The number of carbonyl (C=O) groups is 1. The number of amides is 1. The van der Waals surface area contributed by atoms with E-state index in [0.717, 1.165) is 18.4 Å². The Morgan fingerprint density at radius 1 is 1.06 bits per heavy atom. The molecule has 2 aromatic carbocycles. The minimum absolute atomic E-state index is 0.00387. The molecule has 0 radical (unpaired) electrons. The summed E-state index contributed by atoms with van der Waals surface area (Å²) in [6.45, 7) is 1.26. The summed E-state index contributed by atoms with van der Waals surface area (Å²) < 4.78 is 1.96. The molecule has 0 saturated carbocycles. The second-order valence-electron chi connectivity index (χ2n) is 7.29. The summed E-state index contributed by atoms with van der Waals surface area (Å²) in [7, 11) is 0. The second-order valence-corrected chi connectivity index (χ2v) is 7.68. The number of rotatable bonds is 11. The highest BCUT2D eigenvalue weighted by Gasteiger charge is 2.11. The highest BCUT2D eigenvalue weighted by atomic mass is 32.1. The molecule has 3 rings (SSSR count). The molecule has 0 aliphatic heterocycles. The molecule has 0 bridgehead atoms. The van der Waals surface area contributed by atoms with E-state index in [-0.39, 0.29) is 17.2 Å². The van der Waals surface area contributed by atoms with Crippen molar-refractivity contribution in [3.8, 4) is 0 Å². The first-order valence-electron chi connectivity index (χ1n) is 10.4. The number of anilines is 1. The largest absolute Gasteiger partial charge is 0.378 e. The van der Waals surface area contributed by atoms with E-state index >= 15 is 0 Å². The summed E-state index contributed by atoms with van der Waals surface area (Å²) in [4.78, 5) is 38.2. The van der Waals surface area contributed by atoms with Gasteiger partial charge in [0.15, 0.2) is 4.77 Å². The molecular weight excluding hydrogens is 430 g/mol. The Kier molecular flexibility index (Phi) is 8.09. The monoisotopic (exact) mass is 455 g/mol. The molecule has 9 nitrogen and oxygen atoms in total. The van der Waals surface area contributed by atoms with Crippen LogP contribution in [0.25, 0.3) is 10.9 Å². The summed E-state index contributed by atoms with van der Waals surface area (Å²) in [5.74, 6) is -0.0745. The average molecular weight is 456 g/mol. The van der Waals surface area contributed by atoms with Crippen LogP contribution in [0.2, 0.25) is 0 Å². The average Bonchev–Trinajstić information content (AvgIpc) is 2.78. The standard InChI is InChI=1S/C22H25N5O4S/c28-20(24-14-13-23-18-10-5-6-11-19(18)27(30)31)12-2-1-7-15-26-21(29)16-8-3-4-9-17(16)25-22(26)32/h3-6,8-11,23H,1-2,7,12-15H2,(H,24,28)(H,25,32). The highest BCUT2D eigenvalue weighted by Crippen LogP contribution is 2.22. The summed E-state index contributed by atoms with van der Waals surface area (Å²) in [6.07, 6.45) is 2.60. The van der Waals surface area contributed by atoms with Crippen molar-refractivity contribution in [3.63, 3.8) is 0 Å². The molecule has 168 valence electrons. The van der Waals surface area contributed by atoms with Crippen molar-refractivity contribution >= 4 is 40.4 Å². The second kappa shape index (κ2) is 11.2. The van der Waals surface area contributed by atoms with Gasteiger partial charge in [0.05, 0.1) is 15.8 Å².